The highest BCUT2D eigenvalue weighted by molar-refractivity contribution is 7.22. The van der Waals surface area contributed by atoms with Crippen LogP contribution in [0.5, 0.6) is 0 Å². The van der Waals surface area contributed by atoms with Crippen molar-refractivity contribution < 1.29 is 0 Å². The monoisotopic (exact) mass is 285 g/mol. The highest BCUT2D eigenvalue weighted by atomic mass is 35.5. The first-order valence-corrected chi connectivity index (χ1v) is 6.78. The summed E-state index contributed by atoms with van der Waals surface area (Å²) in [7, 11) is 0. The summed E-state index contributed by atoms with van der Waals surface area (Å²) in [5, 5.41) is 13.5. The number of nitrogens with zero attached hydrogens (tertiary/aromatic N) is 2. The summed E-state index contributed by atoms with van der Waals surface area (Å²) in [5.41, 5.74) is 2.05. The zero-order valence-electron chi connectivity index (χ0n) is 9.72. The fraction of sp³-hybridized carbons (Fsp3) is 0. The van der Waals surface area contributed by atoms with Gasteiger partial charge in [0, 0.05) is 0 Å². The molecule has 0 bridgehead atoms. The van der Waals surface area contributed by atoms with E-state index in [2.05, 4.69) is 16.4 Å². The van der Waals surface area contributed by atoms with Crippen molar-refractivity contribution in [3.63, 3.8) is 0 Å². The summed E-state index contributed by atoms with van der Waals surface area (Å²) in [4.78, 5) is 4.47. The molecule has 0 spiro atoms. The van der Waals surface area contributed by atoms with Crippen molar-refractivity contribution in [2.75, 3.05) is 5.32 Å². The number of hydrogen-bond acceptors (Lipinski definition) is 4. The van der Waals surface area contributed by atoms with Crippen molar-refractivity contribution in [3.05, 3.63) is 53.1 Å². The summed E-state index contributed by atoms with van der Waals surface area (Å²) < 4.78 is 1.10. The molecule has 19 heavy (non-hydrogen) atoms. The Bertz CT molecular complexity index is 756. The number of hydrogen-bond donors (Lipinski definition) is 1. The molecule has 1 N–H and O–H groups in total. The van der Waals surface area contributed by atoms with E-state index in [9.17, 15) is 0 Å². The van der Waals surface area contributed by atoms with Gasteiger partial charge in [0.15, 0.2) is 5.13 Å². The minimum atomic E-state index is 0.434. The fourth-order valence-corrected chi connectivity index (χ4v) is 2.88. The van der Waals surface area contributed by atoms with Crippen LogP contribution in [-0.2, 0) is 0 Å². The quantitative estimate of drug-likeness (QED) is 0.750. The molecule has 0 unspecified atom stereocenters. The van der Waals surface area contributed by atoms with Gasteiger partial charge < -0.3 is 5.32 Å². The molecule has 0 atom stereocenters. The van der Waals surface area contributed by atoms with Gasteiger partial charge in [0.25, 0.3) is 0 Å². The number of fused-ring (bicyclic) bond motifs is 1. The average Bonchev–Trinajstić information content (AvgIpc) is 2.81. The predicted molar refractivity (Wildman–Crippen MR) is 79.1 cm³/mol. The molecule has 0 aliphatic carbocycles. The second-order valence-electron chi connectivity index (χ2n) is 3.89. The Labute approximate surface area is 119 Å². The maximum Gasteiger partial charge on any atom is 0.188 e. The first-order valence-electron chi connectivity index (χ1n) is 5.59. The van der Waals surface area contributed by atoms with Crippen LogP contribution in [0.25, 0.3) is 10.2 Å². The lowest BCUT2D eigenvalue weighted by Crippen LogP contribution is -1.93. The zero-order chi connectivity index (χ0) is 13.2. The third-order valence-electron chi connectivity index (χ3n) is 2.66. The number of anilines is 2. The first kappa shape index (κ1) is 12.0. The number of para-hydroxylation sites is 1. The van der Waals surface area contributed by atoms with Gasteiger partial charge in [-0.15, -0.1) is 0 Å². The van der Waals surface area contributed by atoms with E-state index in [1.807, 2.05) is 30.3 Å². The number of halogens is 1. The number of thiazole rings is 1. The lowest BCUT2D eigenvalue weighted by atomic mass is 10.2. The van der Waals surface area contributed by atoms with Gasteiger partial charge in [-0.2, -0.15) is 5.26 Å². The van der Waals surface area contributed by atoms with E-state index in [0.717, 1.165) is 15.3 Å². The normalized spacial score (nSPS) is 10.3. The number of aromatic nitrogens is 1. The maximum atomic E-state index is 9.13. The van der Waals surface area contributed by atoms with Crippen molar-refractivity contribution in [1.29, 1.82) is 5.26 Å². The zero-order valence-corrected chi connectivity index (χ0v) is 11.3. The van der Waals surface area contributed by atoms with Crippen LogP contribution >= 0.6 is 22.9 Å². The van der Waals surface area contributed by atoms with Gasteiger partial charge in [-0.3, -0.25) is 0 Å². The molecule has 3 nitrogen and oxygen atoms in total. The maximum absolute atomic E-state index is 9.13. The number of rotatable bonds is 2. The van der Waals surface area contributed by atoms with Crippen LogP contribution in [-0.4, -0.2) is 4.98 Å². The molecule has 0 aliphatic rings. The van der Waals surface area contributed by atoms with Gasteiger partial charge in [-0.25, -0.2) is 4.98 Å². The molecule has 2 aromatic carbocycles. The third-order valence-corrected chi connectivity index (χ3v) is 3.93. The van der Waals surface area contributed by atoms with Crippen molar-refractivity contribution >= 4 is 44.0 Å². The summed E-state index contributed by atoms with van der Waals surface area (Å²) in [6, 6.07) is 15.3. The molecule has 3 rings (SSSR count). The number of nitrogens with one attached hydrogen (secondary N) is 1. The highest BCUT2D eigenvalue weighted by Crippen LogP contribution is 2.31. The van der Waals surface area contributed by atoms with Gasteiger partial charge >= 0.3 is 0 Å². The summed E-state index contributed by atoms with van der Waals surface area (Å²) in [5.74, 6) is 0. The fourth-order valence-electron chi connectivity index (χ4n) is 1.78. The standard InChI is InChI=1S/C14H8ClN3S/c15-10-4-3-6-11(9(10)8-16)17-14-18-12-5-1-2-7-13(12)19-14/h1-7H,(H,17,18). The van der Waals surface area contributed by atoms with Crippen LogP contribution in [0.3, 0.4) is 0 Å². The molecule has 1 aromatic heterocycles. The molecule has 0 aliphatic heterocycles. The smallest absolute Gasteiger partial charge is 0.188 e. The molecule has 0 amide bonds. The van der Waals surface area contributed by atoms with E-state index in [0.29, 0.717) is 16.3 Å². The molecule has 0 fully saturated rings. The molecule has 0 saturated heterocycles. The average molecular weight is 286 g/mol. The van der Waals surface area contributed by atoms with Crippen LogP contribution in [0, 0.1) is 11.3 Å². The Hall–Kier alpha value is -2.09. The predicted octanol–water partition coefficient (Wildman–Crippen LogP) is 4.56. The van der Waals surface area contributed by atoms with Crippen LogP contribution in [0.4, 0.5) is 10.8 Å². The summed E-state index contributed by atoms with van der Waals surface area (Å²) in [6.45, 7) is 0. The van der Waals surface area contributed by atoms with Crippen molar-refractivity contribution in [2.45, 2.75) is 0 Å². The summed E-state index contributed by atoms with van der Waals surface area (Å²) >= 11 is 7.54. The minimum Gasteiger partial charge on any atom is -0.330 e. The Kier molecular flexibility index (Phi) is 3.08. The van der Waals surface area contributed by atoms with E-state index < -0.39 is 0 Å². The van der Waals surface area contributed by atoms with E-state index in [1.54, 1.807) is 23.5 Å². The van der Waals surface area contributed by atoms with Gasteiger partial charge in [-0.1, -0.05) is 41.1 Å². The number of benzene rings is 2. The Morgan fingerprint density at radius 2 is 2.00 bits per heavy atom. The van der Waals surface area contributed by atoms with Crippen LogP contribution in [0.1, 0.15) is 5.56 Å². The molecule has 92 valence electrons. The molecular formula is C14H8ClN3S. The molecular weight excluding hydrogens is 278 g/mol. The highest BCUT2D eigenvalue weighted by Gasteiger charge is 2.09. The minimum absolute atomic E-state index is 0.434. The van der Waals surface area contributed by atoms with Crippen molar-refractivity contribution in [3.8, 4) is 6.07 Å². The second kappa shape index (κ2) is 4.88. The van der Waals surface area contributed by atoms with Crippen LogP contribution < -0.4 is 5.32 Å². The van der Waals surface area contributed by atoms with E-state index >= 15 is 0 Å². The SMILES string of the molecule is N#Cc1c(Cl)cccc1Nc1nc2ccccc2s1. The summed E-state index contributed by atoms with van der Waals surface area (Å²) in [6.07, 6.45) is 0. The lowest BCUT2D eigenvalue weighted by molar-refractivity contribution is 1.42. The Morgan fingerprint density at radius 3 is 2.79 bits per heavy atom. The van der Waals surface area contributed by atoms with Crippen LogP contribution in [0.2, 0.25) is 5.02 Å². The van der Waals surface area contributed by atoms with E-state index in [-0.39, 0.29) is 0 Å². The Balaban J connectivity index is 2.02. The molecule has 0 saturated carbocycles. The lowest BCUT2D eigenvalue weighted by Gasteiger charge is -2.05. The Morgan fingerprint density at radius 1 is 1.16 bits per heavy atom. The topological polar surface area (TPSA) is 48.7 Å². The largest absolute Gasteiger partial charge is 0.330 e. The van der Waals surface area contributed by atoms with E-state index in [4.69, 9.17) is 16.9 Å². The van der Waals surface area contributed by atoms with Crippen molar-refractivity contribution in [2.24, 2.45) is 0 Å². The molecule has 5 heteroatoms. The molecule has 3 aromatic rings. The van der Waals surface area contributed by atoms with Crippen LogP contribution in [0.15, 0.2) is 42.5 Å². The first-order chi connectivity index (χ1) is 9.28. The molecule has 1 heterocycles. The van der Waals surface area contributed by atoms with Gasteiger partial charge in [-0.05, 0) is 24.3 Å². The van der Waals surface area contributed by atoms with Gasteiger partial charge in [0.2, 0.25) is 0 Å². The number of nitriles is 1. The van der Waals surface area contributed by atoms with Crippen molar-refractivity contribution in [1.82, 2.24) is 4.98 Å². The van der Waals surface area contributed by atoms with Gasteiger partial charge in [0.05, 0.1) is 26.5 Å². The van der Waals surface area contributed by atoms with Gasteiger partial charge in [0.1, 0.15) is 6.07 Å². The van der Waals surface area contributed by atoms with E-state index in [1.165, 1.54) is 0 Å². The third kappa shape index (κ3) is 2.26. The molecule has 0 radical (unpaired) electrons. The second-order valence-corrected chi connectivity index (χ2v) is 5.32.